The van der Waals surface area contributed by atoms with E-state index in [4.69, 9.17) is 18.9 Å². The highest BCUT2D eigenvalue weighted by atomic mass is 16.7. The van der Waals surface area contributed by atoms with Crippen molar-refractivity contribution in [3.05, 3.63) is 48.6 Å². The minimum Gasteiger partial charge on any atom is -0.545 e. The number of carbonyl (C=O) groups is 3. The van der Waals surface area contributed by atoms with Crippen molar-refractivity contribution in [3.8, 4) is 0 Å². The molecule has 0 amide bonds. The Bertz CT molecular complexity index is 1480. The van der Waals surface area contributed by atoms with Crippen LogP contribution < -0.4 is 5.11 Å². The summed E-state index contributed by atoms with van der Waals surface area (Å²) in [4.78, 5) is 37.5. The molecule has 0 N–H and O–H groups in total. The number of esters is 2. The molecule has 0 spiro atoms. The van der Waals surface area contributed by atoms with Crippen molar-refractivity contribution >= 4 is 17.9 Å². The molecule has 0 radical (unpaired) electrons. The highest BCUT2D eigenvalue weighted by Crippen LogP contribution is 2.19. The van der Waals surface area contributed by atoms with Crippen LogP contribution in [0.4, 0.5) is 0 Å². The minimum absolute atomic E-state index is 0.150. The van der Waals surface area contributed by atoms with Crippen LogP contribution in [-0.2, 0) is 33.3 Å². The van der Waals surface area contributed by atoms with Crippen LogP contribution in [0.1, 0.15) is 341 Å². The van der Waals surface area contributed by atoms with Gasteiger partial charge in [0.2, 0.25) is 0 Å². The number of hydrogen-bond acceptors (Lipinski definition) is 8. The molecule has 0 aromatic carbocycles. The second kappa shape index (κ2) is 64.3. The van der Waals surface area contributed by atoms with Gasteiger partial charge in [0.05, 0.1) is 40.3 Å². The summed E-state index contributed by atoms with van der Waals surface area (Å²) in [5.41, 5.74) is 0. The molecule has 0 heterocycles. The zero-order valence-electron chi connectivity index (χ0n) is 54.9. The summed E-state index contributed by atoms with van der Waals surface area (Å²) in [6.07, 6.45) is 79.1. The molecule has 0 saturated carbocycles. The number of unbranched alkanes of at least 4 members (excludes halogenated alkanes) is 43. The van der Waals surface area contributed by atoms with Gasteiger partial charge < -0.3 is 33.3 Å². The van der Waals surface area contributed by atoms with E-state index in [-0.39, 0.29) is 32.2 Å². The summed E-state index contributed by atoms with van der Waals surface area (Å²) in [6.45, 7) is 4.70. The molecule has 0 aliphatic rings. The van der Waals surface area contributed by atoms with Gasteiger partial charge in [-0.2, -0.15) is 0 Å². The lowest BCUT2D eigenvalue weighted by Crippen LogP contribution is -2.44. The Hall–Kier alpha value is -2.75. The summed E-state index contributed by atoms with van der Waals surface area (Å²) in [5, 5.41) is 11.8. The Morgan fingerprint density at radius 1 is 0.378 bits per heavy atom. The molecule has 0 aromatic rings. The Morgan fingerprint density at radius 2 is 0.695 bits per heavy atom. The lowest BCUT2D eigenvalue weighted by Gasteiger charge is -2.26. The van der Waals surface area contributed by atoms with E-state index in [1.807, 2.05) is 21.1 Å². The van der Waals surface area contributed by atoms with Crippen molar-refractivity contribution in [2.45, 2.75) is 354 Å². The highest BCUT2D eigenvalue weighted by molar-refractivity contribution is 5.70. The average molecular weight is 1150 g/mol. The molecular formula is C73H135NO8. The van der Waals surface area contributed by atoms with Gasteiger partial charge in [0, 0.05) is 12.8 Å². The van der Waals surface area contributed by atoms with Crippen molar-refractivity contribution in [1.82, 2.24) is 0 Å². The van der Waals surface area contributed by atoms with E-state index >= 15 is 0 Å². The van der Waals surface area contributed by atoms with Gasteiger partial charge >= 0.3 is 11.9 Å². The number of hydrogen-bond donors (Lipinski definition) is 0. The van der Waals surface area contributed by atoms with Gasteiger partial charge in [-0.05, 0) is 51.4 Å². The fraction of sp³-hybridized carbons (Fsp3) is 0.849. The van der Waals surface area contributed by atoms with E-state index in [9.17, 15) is 19.5 Å². The maximum Gasteiger partial charge on any atom is 0.306 e. The van der Waals surface area contributed by atoms with Gasteiger partial charge in [-0.15, -0.1) is 0 Å². The van der Waals surface area contributed by atoms with Crippen molar-refractivity contribution < 1.29 is 42.9 Å². The Labute approximate surface area is 508 Å². The smallest absolute Gasteiger partial charge is 0.306 e. The maximum absolute atomic E-state index is 12.9. The number of quaternary nitrogens is 1. The van der Waals surface area contributed by atoms with Gasteiger partial charge in [0.1, 0.15) is 13.2 Å². The normalized spacial score (nSPS) is 12.9. The maximum atomic E-state index is 12.9. The third-order valence-electron chi connectivity index (χ3n) is 15.8. The van der Waals surface area contributed by atoms with Crippen LogP contribution in [0.3, 0.4) is 0 Å². The lowest BCUT2D eigenvalue weighted by molar-refractivity contribution is -0.870. The van der Waals surface area contributed by atoms with Crippen LogP contribution in [-0.4, -0.2) is 82.3 Å². The van der Waals surface area contributed by atoms with E-state index in [2.05, 4.69) is 62.5 Å². The zero-order chi connectivity index (χ0) is 59.8. The molecule has 0 saturated heterocycles. The van der Waals surface area contributed by atoms with Gasteiger partial charge in [0.25, 0.3) is 0 Å². The monoisotopic (exact) mass is 1150 g/mol. The first-order chi connectivity index (χ1) is 40.1. The number of aliphatic carboxylic acids is 1. The Balaban J connectivity index is 4.06. The number of carbonyl (C=O) groups excluding carboxylic acids is 3. The van der Waals surface area contributed by atoms with E-state index < -0.39 is 24.3 Å². The molecule has 0 bridgehead atoms. The van der Waals surface area contributed by atoms with E-state index in [0.29, 0.717) is 23.9 Å². The summed E-state index contributed by atoms with van der Waals surface area (Å²) in [7, 11) is 5.94. The van der Waals surface area contributed by atoms with Gasteiger partial charge in [-0.25, -0.2) is 0 Å². The van der Waals surface area contributed by atoms with Crippen molar-refractivity contribution in [1.29, 1.82) is 0 Å². The topological polar surface area (TPSA) is 111 Å². The molecule has 0 rings (SSSR count). The molecule has 0 aliphatic carbocycles. The fourth-order valence-corrected chi connectivity index (χ4v) is 10.5. The molecule has 0 aromatic heterocycles. The molecule has 2 atom stereocenters. The summed E-state index contributed by atoms with van der Waals surface area (Å²) in [5.74, 6) is -2.26. The van der Waals surface area contributed by atoms with E-state index in [0.717, 1.165) is 57.8 Å². The number of carboxylic acid groups (broad SMARTS) is 1. The first kappa shape index (κ1) is 79.2. The standard InChI is InChI=1S/C73H135NO8/c1-6-8-10-12-14-16-18-20-22-24-26-28-30-32-34-35-36-37-38-40-42-44-46-48-50-52-54-56-58-60-62-64-71(76)82-69(68-81-73(72(77)78)79-66-65-74(3,4)5)67-80-70(75)63-61-59-57-55-53-51-49-47-45-43-41-39-33-31-29-27-25-23-21-19-17-15-13-11-9-7-2/h8,10,14,16,20,22,26,28,69,73H,6-7,9,11-13,15,17-19,21,23-25,27,29-68H2,1-5H3/b10-8-,16-14-,22-20-,28-26-. The van der Waals surface area contributed by atoms with Crippen LogP contribution >= 0.6 is 0 Å². The highest BCUT2D eigenvalue weighted by Gasteiger charge is 2.22. The number of rotatable bonds is 66. The van der Waals surface area contributed by atoms with E-state index in [1.165, 1.54) is 250 Å². The predicted molar refractivity (Wildman–Crippen MR) is 348 cm³/mol. The largest absolute Gasteiger partial charge is 0.545 e. The van der Waals surface area contributed by atoms with Gasteiger partial charge in [-0.3, -0.25) is 9.59 Å². The van der Waals surface area contributed by atoms with Gasteiger partial charge in [0.15, 0.2) is 12.4 Å². The summed E-state index contributed by atoms with van der Waals surface area (Å²) in [6, 6.07) is 0. The molecule has 9 heteroatoms. The van der Waals surface area contributed by atoms with Crippen LogP contribution in [0.2, 0.25) is 0 Å². The van der Waals surface area contributed by atoms with E-state index in [1.54, 1.807) is 0 Å². The second-order valence-electron chi connectivity index (χ2n) is 25.2. The van der Waals surface area contributed by atoms with Crippen molar-refractivity contribution in [2.75, 3.05) is 47.5 Å². The molecule has 82 heavy (non-hydrogen) atoms. The lowest BCUT2D eigenvalue weighted by atomic mass is 10.0. The zero-order valence-corrected chi connectivity index (χ0v) is 54.9. The van der Waals surface area contributed by atoms with Crippen molar-refractivity contribution in [2.24, 2.45) is 0 Å². The van der Waals surface area contributed by atoms with Crippen LogP contribution in [0, 0.1) is 0 Å². The first-order valence-electron chi connectivity index (χ1n) is 35.3. The summed E-state index contributed by atoms with van der Waals surface area (Å²) >= 11 is 0. The second-order valence-corrected chi connectivity index (χ2v) is 25.2. The van der Waals surface area contributed by atoms with Crippen LogP contribution in [0.15, 0.2) is 48.6 Å². The third-order valence-corrected chi connectivity index (χ3v) is 15.8. The molecule has 9 nitrogen and oxygen atoms in total. The molecular weight excluding hydrogens is 1020 g/mol. The fourth-order valence-electron chi connectivity index (χ4n) is 10.5. The third kappa shape index (κ3) is 64.8. The number of carboxylic acids is 1. The summed E-state index contributed by atoms with van der Waals surface area (Å²) < 4.78 is 22.8. The molecule has 480 valence electrons. The Morgan fingerprint density at radius 3 is 1.04 bits per heavy atom. The van der Waals surface area contributed by atoms with Crippen molar-refractivity contribution in [3.63, 3.8) is 0 Å². The minimum atomic E-state index is -1.62. The number of ether oxygens (including phenoxy) is 4. The number of allylic oxidation sites excluding steroid dienone is 8. The average Bonchev–Trinajstić information content (AvgIpc) is 3.45. The SMILES string of the molecule is CC/C=C\C/C=C\C/C=C\C/C=C\CCCCCCCCCCCCCCCCCCCCC(=O)OC(COC(=O)CCCCCCCCCCCCCCCCCCCCCCCCCCCC)COC(OCC[N+](C)(C)C)C(=O)[O-]. The molecule has 0 fully saturated rings. The molecule has 0 aliphatic heterocycles. The quantitative estimate of drug-likeness (QED) is 0.0195. The number of likely N-dealkylation sites (N-methyl/N-ethyl adjacent to an activating group) is 1. The van der Waals surface area contributed by atoms with Gasteiger partial charge in [-0.1, -0.05) is 326 Å². The van der Waals surface area contributed by atoms with Crippen LogP contribution in [0.25, 0.3) is 0 Å². The number of nitrogens with zero attached hydrogens (tertiary/aromatic N) is 1. The Kier molecular flexibility index (Phi) is 62.1. The van der Waals surface area contributed by atoms with Crippen LogP contribution in [0.5, 0.6) is 0 Å². The predicted octanol–water partition coefficient (Wildman–Crippen LogP) is 20.4. The first-order valence-corrected chi connectivity index (χ1v) is 35.3. The molecule has 2 unspecified atom stereocenters.